The summed E-state index contributed by atoms with van der Waals surface area (Å²) >= 11 is 1.29. The Morgan fingerprint density at radius 2 is 1.75 bits per heavy atom. The van der Waals surface area contributed by atoms with Crippen LogP contribution in [0.25, 0.3) is 11.8 Å². The number of aromatic nitrogens is 2. The number of hydrogen-bond donors (Lipinski definition) is 0. The van der Waals surface area contributed by atoms with Gasteiger partial charge in [0.15, 0.2) is 16.3 Å². The van der Waals surface area contributed by atoms with E-state index in [1.165, 1.54) is 24.6 Å². The Morgan fingerprint density at radius 1 is 1.02 bits per heavy atom. The smallest absolute Gasteiger partial charge is 0.337 e. The number of para-hydroxylation sites is 1. The molecule has 1 aliphatic rings. The highest BCUT2D eigenvalue weighted by Gasteiger charge is 2.31. The van der Waals surface area contributed by atoms with Crippen molar-refractivity contribution >= 4 is 23.4 Å². The molecule has 8 nitrogen and oxygen atoms in total. The molecule has 0 saturated carbocycles. The van der Waals surface area contributed by atoms with Crippen molar-refractivity contribution in [2.24, 2.45) is 4.99 Å². The zero-order valence-electron chi connectivity index (χ0n) is 23.1. The first-order valence-corrected chi connectivity index (χ1v) is 13.9. The number of carbonyl (C=O) groups is 1. The summed E-state index contributed by atoms with van der Waals surface area (Å²) < 4.78 is 20.9. The Bertz CT molecular complexity index is 1780. The summed E-state index contributed by atoms with van der Waals surface area (Å²) in [6.07, 6.45) is 3.39. The van der Waals surface area contributed by atoms with Crippen LogP contribution in [0.1, 0.15) is 42.4 Å². The minimum Gasteiger partial charge on any atom is -0.490 e. The minimum atomic E-state index is -0.738. The van der Waals surface area contributed by atoms with E-state index in [1.807, 2.05) is 64.1 Å². The molecule has 5 rings (SSSR count). The molecule has 206 valence electrons. The van der Waals surface area contributed by atoms with Crippen molar-refractivity contribution in [2.45, 2.75) is 33.7 Å². The molecule has 2 aromatic heterocycles. The van der Waals surface area contributed by atoms with Crippen molar-refractivity contribution in [2.75, 3.05) is 20.3 Å². The lowest BCUT2D eigenvalue weighted by Gasteiger charge is -2.23. The van der Waals surface area contributed by atoms with Gasteiger partial charge in [-0.15, -0.1) is 0 Å². The fourth-order valence-electron chi connectivity index (χ4n) is 5.04. The molecule has 0 radical (unpaired) electrons. The maximum absolute atomic E-state index is 14.0. The number of thiazole rings is 1. The Hall–Kier alpha value is -4.37. The molecule has 0 fully saturated rings. The van der Waals surface area contributed by atoms with Crippen molar-refractivity contribution < 1.29 is 19.0 Å². The van der Waals surface area contributed by atoms with Crippen LogP contribution in [0.3, 0.4) is 0 Å². The lowest BCUT2D eigenvalue weighted by atomic mass is 9.97. The van der Waals surface area contributed by atoms with E-state index in [4.69, 9.17) is 14.2 Å². The van der Waals surface area contributed by atoms with E-state index < -0.39 is 12.0 Å². The van der Waals surface area contributed by atoms with Crippen LogP contribution in [-0.4, -0.2) is 35.4 Å². The quantitative estimate of drug-likeness (QED) is 0.303. The Balaban J connectivity index is 1.67. The number of aryl methyl sites for hydroxylation is 1. The van der Waals surface area contributed by atoms with E-state index in [0.29, 0.717) is 39.6 Å². The van der Waals surface area contributed by atoms with Crippen LogP contribution in [0, 0.1) is 13.8 Å². The van der Waals surface area contributed by atoms with E-state index in [1.54, 1.807) is 10.6 Å². The Morgan fingerprint density at radius 3 is 2.45 bits per heavy atom. The molecule has 4 aromatic rings. The van der Waals surface area contributed by atoms with Crippen molar-refractivity contribution in [3.63, 3.8) is 0 Å². The van der Waals surface area contributed by atoms with Gasteiger partial charge in [0.25, 0.3) is 5.56 Å². The van der Waals surface area contributed by atoms with Gasteiger partial charge in [0.2, 0.25) is 0 Å². The second-order valence-electron chi connectivity index (χ2n) is 9.25. The third-order valence-electron chi connectivity index (χ3n) is 6.78. The number of esters is 1. The molecule has 1 aliphatic heterocycles. The van der Waals surface area contributed by atoms with Gasteiger partial charge in [-0.3, -0.25) is 9.36 Å². The lowest BCUT2D eigenvalue weighted by Crippen LogP contribution is -2.39. The third kappa shape index (κ3) is 4.88. The van der Waals surface area contributed by atoms with E-state index in [9.17, 15) is 9.59 Å². The van der Waals surface area contributed by atoms with Gasteiger partial charge < -0.3 is 18.8 Å². The normalized spacial score (nSPS) is 14.8. The number of nitrogens with zero attached hydrogens (tertiary/aromatic N) is 3. The molecule has 0 unspecified atom stereocenters. The molecular weight excluding hydrogens is 526 g/mol. The summed E-state index contributed by atoms with van der Waals surface area (Å²) in [4.78, 5) is 31.8. The van der Waals surface area contributed by atoms with Crippen molar-refractivity contribution in [3.8, 4) is 17.2 Å². The summed E-state index contributed by atoms with van der Waals surface area (Å²) in [7, 11) is 1.32. The van der Waals surface area contributed by atoms with Crippen molar-refractivity contribution in [3.05, 3.63) is 109 Å². The van der Waals surface area contributed by atoms with E-state index in [-0.39, 0.29) is 11.1 Å². The molecule has 9 heteroatoms. The van der Waals surface area contributed by atoms with Gasteiger partial charge in [-0.2, -0.15) is 0 Å². The van der Waals surface area contributed by atoms with Gasteiger partial charge in [-0.25, -0.2) is 9.79 Å². The van der Waals surface area contributed by atoms with E-state index >= 15 is 0 Å². The highest BCUT2D eigenvalue weighted by atomic mass is 32.1. The van der Waals surface area contributed by atoms with Gasteiger partial charge in [-0.05, 0) is 75.2 Å². The predicted molar refractivity (Wildman–Crippen MR) is 155 cm³/mol. The number of fused-ring (bicyclic) bond motifs is 1. The molecule has 0 aliphatic carbocycles. The average Bonchev–Trinajstić information content (AvgIpc) is 3.43. The highest BCUT2D eigenvalue weighted by Crippen LogP contribution is 2.35. The van der Waals surface area contributed by atoms with Crippen molar-refractivity contribution in [1.29, 1.82) is 0 Å². The summed E-state index contributed by atoms with van der Waals surface area (Å²) in [6, 6.07) is 16.9. The zero-order valence-corrected chi connectivity index (χ0v) is 24.0. The molecule has 0 saturated heterocycles. The predicted octanol–water partition coefficient (Wildman–Crippen LogP) is 4.22. The first kappa shape index (κ1) is 27.2. The second-order valence-corrected chi connectivity index (χ2v) is 10.3. The standard InChI is InChI=1S/C31H31N3O5S/c1-6-38-25-14-13-21(16-26(25)39-7-2)28-24(30(36)37-5)18-32-31-34(28)29(35)27(40-31)17-22-15-19(3)33(20(22)4)23-11-9-8-10-12-23/h8-18,28H,6-7H2,1-5H3/b27-17+/t28-/m0/s1. The maximum atomic E-state index is 14.0. The Labute approximate surface area is 236 Å². The third-order valence-corrected chi connectivity index (χ3v) is 7.78. The van der Waals surface area contributed by atoms with Crippen LogP contribution < -0.4 is 24.4 Å². The molecule has 0 bridgehead atoms. The SMILES string of the molecule is CCOc1ccc([C@H]2C(C(=O)OC)=CN=c3s/c(=C/c4cc(C)n(-c5ccccc5)c4C)c(=O)n32)cc1OCC. The number of carbonyl (C=O) groups excluding carboxylic acids is 1. The lowest BCUT2D eigenvalue weighted by molar-refractivity contribution is -0.136. The van der Waals surface area contributed by atoms with Gasteiger partial charge >= 0.3 is 5.97 Å². The van der Waals surface area contributed by atoms with Crippen LogP contribution >= 0.6 is 11.3 Å². The molecule has 2 aromatic carbocycles. The summed E-state index contributed by atoms with van der Waals surface area (Å²) in [6.45, 7) is 8.79. The van der Waals surface area contributed by atoms with Gasteiger partial charge in [0, 0.05) is 23.3 Å². The number of methoxy groups -OCH3 is 1. The molecule has 0 N–H and O–H groups in total. The van der Waals surface area contributed by atoms with Gasteiger partial charge in [0.05, 0.1) is 36.5 Å². The zero-order chi connectivity index (χ0) is 28.4. The second kappa shape index (κ2) is 11.4. The van der Waals surface area contributed by atoms with E-state index in [2.05, 4.69) is 27.8 Å². The fraction of sp³-hybridized carbons (Fsp3) is 0.258. The summed E-state index contributed by atoms with van der Waals surface area (Å²) in [5.41, 5.74) is 4.79. The minimum absolute atomic E-state index is 0.236. The van der Waals surface area contributed by atoms with Crippen LogP contribution in [0.5, 0.6) is 11.5 Å². The molecular formula is C31H31N3O5S. The van der Waals surface area contributed by atoms with Crippen molar-refractivity contribution in [1.82, 2.24) is 9.13 Å². The summed E-state index contributed by atoms with van der Waals surface area (Å²) in [5, 5.41) is 0. The molecule has 0 amide bonds. The van der Waals surface area contributed by atoms with Crippen LogP contribution in [0.2, 0.25) is 0 Å². The van der Waals surface area contributed by atoms with E-state index in [0.717, 1.165) is 22.6 Å². The van der Waals surface area contributed by atoms with Gasteiger partial charge in [0.1, 0.15) is 0 Å². The van der Waals surface area contributed by atoms with Crippen LogP contribution in [0.15, 0.2) is 76.2 Å². The fourth-order valence-corrected chi connectivity index (χ4v) is 6.00. The molecule has 3 heterocycles. The van der Waals surface area contributed by atoms with Gasteiger partial charge in [-0.1, -0.05) is 35.6 Å². The molecule has 1 atom stereocenters. The maximum Gasteiger partial charge on any atom is 0.337 e. The number of benzene rings is 2. The number of ether oxygens (including phenoxy) is 3. The number of hydrogen-bond acceptors (Lipinski definition) is 7. The monoisotopic (exact) mass is 557 g/mol. The first-order chi connectivity index (χ1) is 19.4. The number of rotatable bonds is 8. The van der Waals surface area contributed by atoms with Crippen LogP contribution in [-0.2, 0) is 9.53 Å². The Kier molecular flexibility index (Phi) is 7.75. The first-order valence-electron chi connectivity index (χ1n) is 13.1. The highest BCUT2D eigenvalue weighted by molar-refractivity contribution is 7.07. The topological polar surface area (TPSA) is 84.0 Å². The summed E-state index contributed by atoms with van der Waals surface area (Å²) in [5.74, 6) is 0.581. The van der Waals surface area contributed by atoms with Crippen LogP contribution in [0.4, 0.5) is 0 Å². The average molecular weight is 558 g/mol. The molecule has 0 spiro atoms. The molecule has 40 heavy (non-hydrogen) atoms. The largest absolute Gasteiger partial charge is 0.490 e.